The van der Waals surface area contributed by atoms with Crippen molar-refractivity contribution in [2.45, 2.75) is 26.3 Å². The summed E-state index contributed by atoms with van der Waals surface area (Å²) in [6.07, 6.45) is 3.38. The van der Waals surface area contributed by atoms with Crippen LogP contribution in [0.1, 0.15) is 46.0 Å². The van der Waals surface area contributed by atoms with Gasteiger partial charge in [-0.15, -0.1) is 0 Å². The van der Waals surface area contributed by atoms with Crippen molar-refractivity contribution in [1.82, 2.24) is 19.9 Å². The van der Waals surface area contributed by atoms with Gasteiger partial charge in [-0.1, -0.05) is 19.4 Å². The minimum Gasteiger partial charge on any atom is -0.383 e. The van der Waals surface area contributed by atoms with Crippen LogP contribution in [-0.4, -0.2) is 46.6 Å². The smallest absolute Gasteiger partial charge is 0.258 e. The second kappa shape index (κ2) is 10.3. The molecule has 0 aliphatic carbocycles. The monoisotopic (exact) mass is 420 g/mol. The molecule has 3 rings (SSSR count). The second-order valence-electron chi connectivity index (χ2n) is 6.90. The van der Waals surface area contributed by atoms with Crippen molar-refractivity contribution in [2.75, 3.05) is 25.6 Å². The van der Waals surface area contributed by atoms with Gasteiger partial charge in [-0.05, 0) is 30.7 Å². The molecule has 0 bridgehead atoms. The quantitative estimate of drug-likeness (QED) is 0.513. The van der Waals surface area contributed by atoms with Crippen LogP contribution >= 0.6 is 0 Å². The molecule has 3 aromatic rings. The number of carbonyl (C=O) groups is 2. The van der Waals surface area contributed by atoms with Gasteiger partial charge in [0, 0.05) is 25.4 Å². The molecular formula is C22H24N6O3. The van der Waals surface area contributed by atoms with Crippen molar-refractivity contribution >= 4 is 28.9 Å². The highest BCUT2D eigenvalue weighted by Gasteiger charge is 2.17. The molecule has 2 heterocycles. The molecule has 2 N–H and O–H groups in total. The van der Waals surface area contributed by atoms with Gasteiger partial charge in [0.15, 0.2) is 5.65 Å². The highest BCUT2D eigenvalue weighted by molar-refractivity contribution is 6.04. The molecule has 0 aliphatic heterocycles. The third kappa shape index (κ3) is 5.24. The average molecular weight is 420 g/mol. The first-order chi connectivity index (χ1) is 15.1. The van der Waals surface area contributed by atoms with Gasteiger partial charge in [0.2, 0.25) is 5.95 Å². The number of benzene rings is 1. The number of hydrogen-bond acceptors (Lipinski definition) is 6. The van der Waals surface area contributed by atoms with Crippen LogP contribution in [0, 0.1) is 11.3 Å². The summed E-state index contributed by atoms with van der Waals surface area (Å²) in [4.78, 5) is 33.9. The minimum absolute atomic E-state index is 0.215. The van der Waals surface area contributed by atoms with E-state index in [4.69, 9.17) is 10.00 Å². The molecule has 9 nitrogen and oxygen atoms in total. The molecule has 0 fully saturated rings. The Balaban J connectivity index is 1.90. The number of carbonyl (C=O) groups excluding carboxylic acids is 2. The lowest BCUT2D eigenvalue weighted by Crippen LogP contribution is -2.24. The zero-order chi connectivity index (χ0) is 22.2. The van der Waals surface area contributed by atoms with Gasteiger partial charge in [0.1, 0.15) is 5.52 Å². The van der Waals surface area contributed by atoms with Crippen molar-refractivity contribution in [2.24, 2.45) is 0 Å². The van der Waals surface area contributed by atoms with E-state index in [1.54, 1.807) is 35.9 Å². The van der Waals surface area contributed by atoms with Gasteiger partial charge >= 0.3 is 0 Å². The molecule has 0 aliphatic rings. The fraction of sp³-hybridized carbons (Fsp3) is 0.318. The Kier molecular flexibility index (Phi) is 7.30. The number of anilines is 1. The van der Waals surface area contributed by atoms with Gasteiger partial charge < -0.3 is 10.1 Å². The third-order valence-corrected chi connectivity index (χ3v) is 4.66. The van der Waals surface area contributed by atoms with Gasteiger partial charge in [-0.2, -0.15) is 5.26 Å². The maximum absolute atomic E-state index is 12.7. The lowest BCUT2D eigenvalue weighted by atomic mass is 10.1. The largest absolute Gasteiger partial charge is 0.383 e. The van der Waals surface area contributed by atoms with Gasteiger partial charge in [-0.25, -0.2) is 9.97 Å². The standard InChI is InChI=1S/C22H24N6O3/c1-3-4-8-24-20(29)17-12-18-19(25-14-17)28(9-10-31-2)22(26-18)27-21(30)16-7-5-6-15(11-16)13-23/h5-7,11-12,14H,3-4,8-10H2,1-2H3,(H,24,29)(H,26,27,30). The van der Waals surface area contributed by atoms with E-state index in [-0.39, 0.29) is 11.9 Å². The number of hydrogen-bond donors (Lipinski definition) is 2. The molecule has 160 valence electrons. The summed E-state index contributed by atoms with van der Waals surface area (Å²) in [6, 6.07) is 10.1. The van der Waals surface area contributed by atoms with E-state index in [0.717, 1.165) is 12.8 Å². The van der Waals surface area contributed by atoms with E-state index in [1.807, 2.05) is 6.07 Å². The molecule has 0 unspecified atom stereocenters. The lowest BCUT2D eigenvalue weighted by Gasteiger charge is -2.09. The topological polar surface area (TPSA) is 122 Å². The van der Waals surface area contributed by atoms with Crippen LogP contribution in [0.3, 0.4) is 0 Å². The SMILES string of the molecule is CCCCNC(=O)c1cnc2c(c1)nc(NC(=O)c1cccc(C#N)c1)n2CCOC. The number of unbranched alkanes of at least 4 members (excludes halogenated alkanes) is 1. The summed E-state index contributed by atoms with van der Waals surface area (Å²) >= 11 is 0. The van der Waals surface area contributed by atoms with Crippen molar-refractivity contribution in [3.63, 3.8) is 0 Å². The number of amides is 2. The maximum Gasteiger partial charge on any atom is 0.258 e. The molecule has 2 aromatic heterocycles. The average Bonchev–Trinajstić information content (AvgIpc) is 3.13. The van der Waals surface area contributed by atoms with E-state index < -0.39 is 5.91 Å². The predicted octanol–water partition coefficient (Wildman–Crippen LogP) is 2.73. The van der Waals surface area contributed by atoms with E-state index in [2.05, 4.69) is 27.5 Å². The highest BCUT2D eigenvalue weighted by Crippen LogP contribution is 2.20. The summed E-state index contributed by atoms with van der Waals surface area (Å²) < 4.78 is 6.89. The summed E-state index contributed by atoms with van der Waals surface area (Å²) in [5.41, 5.74) is 2.15. The third-order valence-electron chi connectivity index (χ3n) is 4.66. The Labute approximate surface area is 180 Å². The normalized spacial score (nSPS) is 10.6. The Morgan fingerprint density at radius 3 is 2.81 bits per heavy atom. The van der Waals surface area contributed by atoms with Gasteiger partial charge in [-0.3, -0.25) is 19.5 Å². The minimum atomic E-state index is -0.399. The van der Waals surface area contributed by atoms with Crippen LogP contribution in [0.4, 0.5) is 5.95 Å². The molecule has 1 aromatic carbocycles. The van der Waals surface area contributed by atoms with Crippen molar-refractivity contribution in [3.05, 3.63) is 53.2 Å². The van der Waals surface area contributed by atoms with Gasteiger partial charge in [0.05, 0.1) is 30.3 Å². The molecule has 0 radical (unpaired) electrons. The summed E-state index contributed by atoms with van der Waals surface area (Å²) in [6.45, 7) is 3.45. The first-order valence-electron chi connectivity index (χ1n) is 10.0. The molecule has 0 spiro atoms. The molecule has 9 heteroatoms. The van der Waals surface area contributed by atoms with Crippen LogP contribution in [0.25, 0.3) is 11.2 Å². The van der Waals surface area contributed by atoms with Gasteiger partial charge in [0.25, 0.3) is 11.8 Å². The lowest BCUT2D eigenvalue weighted by molar-refractivity contribution is 0.0952. The van der Waals surface area contributed by atoms with Crippen LogP contribution < -0.4 is 10.6 Å². The Morgan fingerprint density at radius 2 is 2.06 bits per heavy atom. The van der Waals surface area contributed by atoms with Crippen LogP contribution in [0.2, 0.25) is 0 Å². The molecule has 0 atom stereocenters. The second-order valence-corrected chi connectivity index (χ2v) is 6.90. The van der Waals surface area contributed by atoms with E-state index in [0.29, 0.717) is 47.6 Å². The summed E-state index contributed by atoms with van der Waals surface area (Å²) in [5.74, 6) is -0.327. The number of fused-ring (bicyclic) bond motifs is 1. The zero-order valence-corrected chi connectivity index (χ0v) is 17.5. The molecule has 0 saturated heterocycles. The zero-order valence-electron chi connectivity index (χ0n) is 17.5. The number of pyridine rings is 1. The summed E-state index contributed by atoms with van der Waals surface area (Å²) in [7, 11) is 1.58. The van der Waals surface area contributed by atoms with Crippen molar-refractivity contribution in [1.29, 1.82) is 5.26 Å². The van der Waals surface area contributed by atoms with Crippen LogP contribution in [0.15, 0.2) is 36.5 Å². The van der Waals surface area contributed by atoms with E-state index in [9.17, 15) is 9.59 Å². The Morgan fingerprint density at radius 1 is 1.23 bits per heavy atom. The van der Waals surface area contributed by atoms with E-state index >= 15 is 0 Å². The molecule has 0 saturated carbocycles. The number of rotatable bonds is 9. The number of aromatic nitrogens is 3. The summed E-state index contributed by atoms with van der Waals surface area (Å²) in [5, 5.41) is 14.7. The van der Waals surface area contributed by atoms with Crippen LogP contribution in [0.5, 0.6) is 0 Å². The maximum atomic E-state index is 12.7. The van der Waals surface area contributed by atoms with Crippen molar-refractivity contribution in [3.8, 4) is 6.07 Å². The molecule has 2 amide bonds. The highest BCUT2D eigenvalue weighted by atomic mass is 16.5. The van der Waals surface area contributed by atoms with E-state index in [1.165, 1.54) is 12.3 Å². The number of methoxy groups -OCH3 is 1. The molecule has 31 heavy (non-hydrogen) atoms. The first-order valence-corrected chi connectivity index (χ1v) is 10.0. The number of nitriles is 1. The first kappa shape index (κ1) is 21.9. The predicted molar refractivity (Wildman–Crippen MR) is 116 cm³/mol. The van der Waals surface area contributed by atoms with Crippen molar-refractivity contribution < 1.29 is 14.3 Å². The number of nitrogens with one attached hydrogen (secondary N) is 2. The van der Waals surface area contributed by atoms with Crippen LogP contribution in [-0.2, 0) is 11.3 Å². The Bertz CT molecular complexity index is 1130. The number of imidazole rings is 1. The fourth-order valence-electron chi connectivity index (χ4n) is 3.01. The Hall–Kier alpha value is -3.77. The fourth-order valence-corrected chi connectivity index (χ4v) is 3.01. The number of ether oxygens (including phenoxy) is 1. The molecular weight excluding hydrogens is 396 g/mol. The number of nitrogens with zero attached hydrogens (tertiary/aromatic N) is 4.